The summed E-state index contributed by atoms with van der Waals surface area (Å²) in [6, 6.07) is 23.0. The second-order valence-electron chi connectivity index (χ2n) is 12.9. The highest BCUT2D eigenvalue weighted by molar-refractivity contribution is 6.03. The fourth-order valence-corrected chi connectivity index (χ4v) is 7.08. The lowest BCUT2D eigenvalue weighted by molar-refractivity contribution is -0.134. The first-order chi connectivity index (χ1) is 25.2. The van der Waals surface area contributed by atoms with E-state index in [0.29, 0.717) is 17.8 Å². The van der Waals surface area contributed by atoms with Crippen molar-refractivity contribution in [2.75, 3.05) is 6.54 Å². The number of piperidine rings is 1. The highest BCUT2D eigenvalue weighted by Crippen LogP contribution is 2.34. The molecule has 0 bridgehead atoms. The van der Waals surface area contributed by atoms with Gasteiger partial charge in [-0.05, 0) is 83.3 Å². The maximum atomic E-state index is 12.8. The van der Waals surface area contributed by atoms with Crippen molar-refractivity contribution < 1.29 is 18.8 Å². The molecule has 1 saturated heterocycles. The number of imidazole rings is 1. The number of nitrogens with one attached hydrogen (secondary N) is 2. The summed E-state index contributed by atoms with van der Waals surface area (Å²) in [4.78, 5) is 58.6. The maximum absolute atomic E-state index is 12.8. The minimum absolute atomic E-state index is 0.0612. The Morgan fingerprint density at radius 1 is 0.942 bits per heavy atom. The molecule has 1 fully saturated rings. The number of carbonyl (C=O) groups excluding carboxylic acids is 3. The average molecular weight is 689 g/mol. The summed E-state index contributed by atoms with van der Waals surface area (Å²) in [7, 11) is 3.58. The molecular formula is C41H32N6O5. The Labute approximate surface area is 297 Å². The number of imide groups is 1. The number of hydrogen-bond acceptors (Lipinski definition) is 7. The number of furan rings is 1. The number of amides is 3. The van der Waals surface area contributed by atoms with Gasteiger partial charge in [0, 0.05) is 55.3 Å². The molecule has 7 aromatic rings. The second kappa shape index (κ2) is 12.8. The fourth-order valence-electron chi connectivity index (χ4n) is 7.08. The van der Waals surface area contributed by atoms with Crippen LogP contribution in [0, 0.1) is 18.8 Å². The van der Waals surface area contributed by atoms with Gasteiger partial charge in [0.2, 0.25) is 11.8 Å². The SMILES string of the molecule is Cc1cc(-c2cccc3cc(-c4ccc(C(=O)NCC#Cc5cc6c(C7CCC(=O)NC7=O)cccc6o5)nc4)ncc23)cc2c1n(C)c(=O)n2C. The van der Waals surface area contributed by atoms with Crippen molar-refractivity contribution in [1.82, 2.24) is 29.7 Å². The fraction of sp³-hybridized carbons (Fsp3) is 0.171. The summed E-state index contributed by atoms with van der Waals surface area (Å²) < 4.78 is 9.22. The number of hydrogen-bond donors (Lipinski definition) is 2. The molecule has 3 amide bonds. The topological polar surface area (TPSA) is 141 Å². The smallest absolute Gasteiger partial charge is 0.328 e. The van der Waals surface area contributed by atoms with Crippen molar-refractivity contribution >= 4 is 50.5 Å². The number of fused-ring (bicyclic) bond motifs is 3. The molecule has 0 saturated carbocycles. The zero-order valence-corrected chi connectivity index (χ0v) is 28.6. The van der Waals surface area contributed by atoms with Gasteiger partial charge in [-0.15, -0.1) is 0 Å². The van der Waals surface area contributed by atoms with Crippen molar-refractivity contribution in [3.63, 3.8) is 0 Å². The van der Waals surface area contributed by atoms with E-state index in [1.54, 1.807) is 47.6 Å². The molecule has 2 N–H and O–H groups in total. The van der Waals surface area contributed by atoms with Gasteiger partial charge in [-0.2, -0.15) is 0 Å². The first-order valence-corrected chi connectivity index (χ1v) is 16.8. The Balaban J connectivity index is 0.956. The van der Waals surface area contributed by atoms with Gasteiger partial charge in [-0.3, -0.25) is 38.8 Å². The number of aromatic nitrogens is 4. The Morgan fingerprint density at radius 3 is 2.60 bits per heavy atom. The van der Waals surface area contributed by atoms with E-state index in [9.17, 15) is 19.2 Å². The molecule has 1 unspecified atom stereocenters. The number of nitrogens with zero attached hydrogens (tertiary/aromatic N) is 4. The van der Waals surface area contributed by atoms with E-state index in [4.69, 9.17) is 9.40 Å². The third-order valence-electron chi connectivity index (χ3n) is 9.68. The van der Waals surface area contributed by atoms with Gasteiger partial charge in [-0.1, -0.05) is 36.3 Å². The van der Waals surface area contributed by atoms with Crippen LogP contribution in [0.5, 0.6) is 0 Å². The van der Waals surface area contributed by atoms with E-state index in [1.165, 1.54) is 0 Å². The predicted octanol–water partition coefficient (Wildman–Crippen LogP) is 5.51. The molecule has 0 spiro atoms. The minimum Gasteiger partial charge on any atom is -0.448 e. The third kappa shape index (κ3) is 5.70. The lowest BCUT2D eigenvalue weighted by atomic mass is 9.88. The summed E-state index contributed by atoms with van der Waals surface area (Å²) in [5.41, 5.74) is 7.88. The van der Waals surface area contributed by atoms with E-state index < -0.39 is 5.92 Å². The van der Waals surface area contributed by atoms with Gasteiger partial charge >= 0.3 is 5.69 Å². The molecule has 11 heteroatoms. The highest BCUT2D eigenvalue weighted by Gasteiger charge is 2.29. The summed E-state index contributed by atoms with van der Waals surface area (Å²) >= 11 is 0. The zero-order valence-electron chi connectivity index (χ0n) is 28.6. The standard InChI is InChI=1S/C41H32N6O5/c1-23-17-26(19-35-38(23)47(3)41(51)46(35)2)28-9-4-7-24-18-34(44-22-32(24)28)25-12-14-33(43-21-25)40(50)42-16-6-8-27-20-31-29(10-5-11-36(31)52-27)30-13-15-37(48)45-39(30)49/h4-5,7,9-12,14,17-22,30H,13,15-16H2,1-3H3,(H,42,50)(H,45,48,49). The van der Waals surface area contributed by atoms with Crippen molar-refractivity contribution in [3.05, 3.63) is 118 Å². The van der Waals surface area contributed by atoms with E-state index in [0.717, 1.165) is 60.7 Å². The van der Waals surface area contributed by atoms with Crippen LogP contribution >= 0.6 is 0 Å². The Kier molecular flexibility index (Phi) is 7.99. The normalized spacial score (nSPS) is 14.4. The molecule has 3 aromatic carbocycles. The molecule has 8 rings (SSSR count). The lowest BCUT2D eigenvalue weighted by Crippen LogP contribution is -2.39. The summed E-state index contributed by atoms with van der Waals surface area (Å²) in [6.07, 6.45) is 4.20. The van der Waals surface area contributed by atoms with Crippen molar-refractivity contribution in [1.29, 1.82) is 0 Å². The maximum Gasteiger partial charge on any atom is 0.328 e. The first-order valence-electron chi connectivity index (χ1n) is 16.8. The molecule has 0 aliphatic carbocycles. The van der Waals surface area contributed by atoms with Crippen LogP contribution in [-0.4, -0.2) is 43.4 Å². The van der Waals surface area contributed by atoms with E-state index >= 15 is 0 Å². The third-order valence-corrected chi connectivity index (χ3v) is 9.68. The molecular weight excluding hydrogens is 656 g/mol. The number of pyridine rings is 2. The highest BCUT2D eigenvalue weighted by atomic mass is 16.3. The molecule has 4 aromatic heterocycles. The molecule has 0 radical (unpaired) electrons. The Hall–Kier alpha value is -6.80. The van der Waals surface area contributed by atoms with Gasteiger partial charge in [-0.25, -0.2) is 4.79 Å². The zero-order chi connectivity index (χ0) is 36.1. The Bertz CT molecular complexity index is 2740. The van der Waals surface area contributed by atoms with E-state index in [-0.39, 0.29) is 42.1 Å². The quantitative estimate of drug-likeness (QED) is 0.180. The summed E-state index contributed by atoms with van der Waals surface area (Å²) in [6.45, 7) is 2.09. The van der Waals surface area contributed by atoms with Crippen LogP contribution in [0.3, 0.4) is 0 Å². The molecule has 1 aliphatic heterocycles. The summed E-state index contributed by atoms with van der Waals surface area (Å²) in [5, 5.41) is 7.92. The van der Waals surface area contributed by atoms with Gasteiger partial charge in [0.1, 0.15) is 11.3 Å². The average Bonchev–Trinajstić information content (AvgIpc) is 3.67. The van der Waals surface area contributed by atoms with Crippen LogP contribution in [-0.2, 0) is 23.7 Å². The number of rotatable bonds is 5. The largest absolute Gasteiger partial charge is 0.448 e. The molecule has 1 atom stereocenters. The first kappa shape index (κ1) is 32.4. The van der Waals surface area contributed by atoms with Crippen LogP contribution in [0.15, 0.2) is 94.4 Å². The van der Waals surface area contributed by atoms with Crippen LogP contribution in [0.25, 0.3) is 55.2 Å². The van der Waals surface area contributed by atoms with Crippen LogP contribution in [0.1, 0.15) is 46.1 Å². The van der Waals surface area contributed by atoms with Gasteiger partial charge in [0.25, 0.3) is 5.91 Å². The minimum atomic E-state index is -0.437. The predicted molar refractivity (Wildman–Crippen MR) is 197 cm³/mol. The van der Waals surface area contributed by atoms with Gasteiger partial charge in [0.05, 0.1) is 29.2 Å². The van der Waals surface area contributed by atoms with Gasteiger partial charge in [0.15, 0.2) is 5.76 Å². The molecule has 52 heavy (non-hydrogen) atoms. The lowest BCUT2D eigenvalue weighted by Gasteiger charge is -2.21. The number of carbonyl (C=O) groups is 3. The van der Waals surface area contributed by atoms with Gasteiger partial charge < -0.3 is 9.73 Å². The number of benzene rings is 3. The van der Waals surface area contributed by atoms with E-state index in [2.05, 4.69) is 39.6 Å². The van der Waals surface area contributed by atoms with E-state index in [1.807, 2.05) is 55.6 Å². The van der Waals surface area contributed by atoms with Crippen molar-refractivity contribution in [3.8, 4) is 34.2 Å². The second-order valence-corrected chi connectivity index (χ2v) is 12.9. The monoisotopic (exact) mass is 688 g/mol. The van der Waals surface area contributed by atoms with Crippen molar-refractivity contribution in [2.45, 2.75) is 25.7 Å². The van der Waals surface area contributed by atoms with Crippen LogP contribution in [0.2, 0.25) is 0 Å². The Morgan fingerprint density at radius 2 is 1.79 bits per heavy atom. The molecule has 256 valence electrons. The van der Waals surface area contributed by atoms with Crippen LogP contribution in [0.4, 0.5) is 0 Å². The molecule has 11 nitrogen and oxygen atoms in total. The molecule has 1 aliphatic rings. The van der Waals surface area contributed by atoms with Crippen LogP contribution < -0.4 is 16.3 Å². The van der Waals surface area contributed by atoms with Crippen molar-refractivity contribution in [2.24, 2.45) is 14.1 Å². The summed E-state index contributed by atoms with van der Waals surface area (Å²) in [5.74, 6) is 4.87. The molecule has 5 heterocycles. The number of aryl methyl sites for hydroxylation is 3.